The second-order valence-corrected chi connectivity index (χ2v) is 9.95. The highest BCUT2D eigenvalue weighted by molar-refractivity contribution is 7.13. The van der Waals surface area contributed by atoms with Gasteiger partial charge in [-0.25, -0.2) is 9.37 Å². The largest absolute Gasteiger partial charge is 0.352 e. The van der Waals surface area contributed by atoms with Gasteiger partial charge in [-0.3, -0.25) is 9.48 Å². The van der Waals surface area contributed by atoms with Crippen molar-refractivity contribution < 1.29 is 9.18 Å². The molecule has 0 aliphatic heterocycles. The standard InChI is InChI=1S/C25H24ClFN4OS/c1-25(2,3)31-23(16-8-10-18(27)11-9-16)20(14-29-31)24-30-19(15-33-24)12-22(32)28-13-17-6-4-5-7-21(17)26/h4-11,14-15H,12-13H2,1-3H3,(H,28,32). The lowest BCUT2D eigenvalue weighted by Crippen LogP contribution is -2.24. The van der Waals surface area contributed by atoms with Crippen LogP contribution < -0.4 is 5.32 Å². The van der Waals surface area contributed by atoms with Gasteiger partial charge in [-0.15, -0.1) is 11.3 Å². The van der Waals surface area contributed by atoms with E-state index in [1.54, 1.807) is 24.4 Å². The third-order valence-corrected chi connectivity index (χ3v) is 6.37. The number of halogens is 2. The quantitative estimate of drug-likeness (QED) is 0.362. The second kappa shape index (κ2) is 9.45. The molecule has 0 radical (unpaired) electrons. The molecule has 0 saturated carbocycles. The maximum atomic E-state index is 13.5. The van der Waals surface area contributed by atoms with Gasteiger partial charge in [0.05, 0.1) is 35.1 Å². The zero-order chi connectivity index (χ0) is 23.6. The maximum Gasteiger partial charge on any atom is 0.226 e. The first-order valence-electron chi connectivity index (χ1n) is 10.5. The number of nitrogens with one attached hydrogen (secondary N) is 1. The van der Waals surface area contributed by atoms with Gasteiger partial charge in [0.2, 0.25) is 5.91 Å². The van der Waals surface area contributed by atoms with Crippen molar-refractivity contribution in [3.63, 3.8) is 0 Å². The minimum Gasteiger partial charge on any atom is -0.352 e. The Bertz CT molecular complexity index is 1270. The second-order valence-electron chi connectivity index (χ2n) is 8.69. The van der Waals surface area contributed by atoms with Crippen molar-refractivity contribution in [2.24, 2.45) is 0 Å². The van der Waals surface area contributed by atoms with Crippen LogP contribution in [-0.4, -0.2) is 20.7 Å². The van der Waals surface area contributed by atoms with Crippen molar-refractivity contribution in [1.82, 2.24) is 20.1 Å². The highest BCUT2D eigenvalue weighted by atomic mass is 35.5. The molecule has 0 saturated heterocycles. The summed E-state index contributed by atoms with van der Waals surface area (Å²) in [6.07, 6.45) is 1.95. The van der Waals surface area contributed by atoms with Crippen molar-refractivity contribution in [1.29, 1.82) is 0 Å². The predicted molar refractivity (Wildman–Crippen MR) is 131 cm³/mol. The Morgan fingerprint density at radius 1 is 1.15 bits per heavy atom. The summed E-state index contributed by atoms with van der Waals surface area (Å²) in [6, 6.07) is 13.8. The summed E-state index contributed by atoms with van der Waals surface area (Å²) in [5.41, 5.74) is 3.84. The average Bonchev–Trinajstić information content (AvgIpc) is 3.40. The number of aromatic nitrogens is 3. The van der Waals surface area contributed by atoms with Gasteiger partial charge < -0.3 is 5.32 Å². The minimum atomic E-state index is -0.290. The summed E-state index contributed by atoms with van der Waals surface area (Å²) < 4.78 is 15.5. The van der Waals surface area contributed by atoms with Gasteiger partial charge in [-0.05, 0) is 56.7 Å². The number of nitrogens with zero attached hydrogens (tertiary/aromatic N) is 3. The summed E-state index contributed by atoms with van der Waals surface area (Å²) in [7, 11) is 0. The highest BCUT2D eigenvalue weighted by Crippen LogP contribution is 2.36. The van der Waals surface area contributed by atoms with Gasteiger partial charge in [-0.2, -0.15) is 5.10 Å². The lowest BCUT2D eigenvalue weighted by molar-refractivity contribution is -0.120. The summed E-state index contributed by atoms with van der Waals surface area (Å²) in [5, 5.41) is 10.8. The molecule has 0 bridgehead atoms. The van der Waals surface area contributed by atoms with Gasteiger partial charge >= 0.3 is 0 Å². The molecule has 170 valence electrons. The molecule has 2 heterocycles. The molecular weight excluding hydrogens is 459 g/mol. The first kappa shape index (κ1) is 23.1. The number of hydrogen-bond donors (Lipinski definition) is 1. The number of carbonyl (C=O) groups excluding carboxylic acids is 1. The number of amides is 1. The van der Waals surface area contributed by atoms with E-state index in [2.05, 4.69) is 31.2 Å². The van der Waals surface area contributed by atoms with Crippen LogP contribution in [0.25, 0.3) is 21.8 Å². The summed E-state index contributed by atoms with van der Waals surface area (Å²) in [4.78, 5) is 17.2. The number of carbonyl (C=O) groups is 1. The van der Waals surface area contributed by atoms with E-state index < -0.39 is 0 Å². The van der Waals surface area contributed by atoms with Crippen LogP contribution in [0.3, 0.4) is 0 Å². The zero-order valence-corrected chi connectivity index (χ0v) is 20.2. The molecule has 1 amide bonds. The average molecular weight is 483 g/mol. The fourth-order valence-electron chi connectivity index (χ4n) is 3.47. The van der Waals surface area contributed by atoms with Gasteiger partial charge in [0.1, 0.15) is 10.8 Å². The van der Waals surface area contributed by atoms with Crippen LogP contribution in [0.1, 0.15) is 32.0 Å². The molecule has 5 nitrogen and oxygen atoms in total. The molecule has 0 atom stereocenters. The Morgan fingerprint density at radius 2 is 1.88 bits per heavy atom. The smallest absolute Gasteiger partial charge is 0.226 e. The molecule has 4 rings (SSSR count). The lowest BCUT2D eigenvalue weighted by atomic mass is 10.0. The van der Waals surface area contributed by atoms with Crippen molar-refractivity contribution in [3.05, 3.63) is 82.2 Å². The molecule has 0 aliphatic carbocycles. The Hall–Kier alpha value is -3.03. The van der Waals surface area contributed by atoms with Crippen molar-refractivity contribution in [3.8, 4) is 21.8 Å². The maximum absolute atomic E-state index is 13.5. The third kappa shape index (κ3) is 5.31. The Morgan fingerprint density at radius 3 is 2.58 bits per heavy atom. The Balaban J connectivity index is 1.56. The van der Waals surface area contributed by atoms with Crippen molar-refractivity contribution in [2.45, 2.75) is 39.3 Å². The van der Waals surface area contributed by atoms with Crippen molar-refractivity contribution >= 4 is 28.8 Å². The fraction of sp³-hybridized carbons (Fsp3) is 0.240. The minimum absolute atomic E-state index is 0.129. The molecule has 0 spiro atoms. The van der Waals surface area contributed by atoms with E-state index in [0.717, 1.165) is 27.4 Å². The predicted octanol–water partition coefficient (Wildman–Crippen LogP) is 6.08. The molecule has 4 aromatic rings. The van der Waals surface area contributed by atoms with Crippen LogP contribution >= 0.6 is 22.9 Å². The van der Waals surface area contributed by atoms with Gasteiger partial charge in [0.15, 0.2) is 0 Å². The summed E-state index contributed by atoms with van der Waals surface area (Å²) >= 11 is 7.61. The van der Waals surface area contributed by atoms with Crippen LogP contribution in [0.5, 0.6) is 0 Å². The number of hydrogen-bond acceptors (Lipinski definition) is 4. The van der Waals surface area contributed by atoms with E-state index in [1.807, 2.05) is 28.3 Å². The van der Waals surface area contributed by atoms with Crippen molar-refractivity contribution in [2.75, 3.05) is 0 Å². The van der Waals surface area contributed by atoms with Crippen LogP contribution in [0.2, 0.25) is 5.02 Å². The molecule has 0 aliphatic rings. The fourth-order valence-corrected chi connectivity index (χ4v) is 4.51. The van der Waals surface area contributed by atoms with Crippen LogP contribution in [-0.2, 0) is 23.3 Å². The van der Waals surface area contributed by atoms with E-state index in [0.29, 0.717) is 17.3 Å². The van der Waals surface area contributed by atoms with Gasteiger partial charge in [0, 0.05) is 22.5 Å². The number of thiazole rings is 1. The highest BCUT2D eigenvalue weighted by Gasteiger charge is 2.24. The molecule has 33 heavy (non-hydrogen) atoms. The SMILES string of the molecule is CC(C)(C)n1ncc(-c2nc(CC(=O)NCc3ccccc3Cl)cs2)c1-c1ccc(F)cc1. The first-order valence-corrected chi connectivity index (χ1v) is 11.8. The lowest BCUT2D eigenvalue weighted by Gasteiger charge is -2.23. The van der Waals surface area contributed by atoms with E-state index in [9.17, 15) is 9.18 Å². The van der Waals surface area contributed by atoms with Crippen LogP contribution in [0.4, 0.5) is 4.39 Å². The normalized spacial score (nSPS) is 11.5. The number of rotatable bonds is 6. The molecule has 8 heteroatoms. The molecule has 0 unspecified atom stereocenters. The Kier molecular flexibility index (Phi) is 6.63. The third-order valence-electron chi connectivity index (χ3n) is 5.08. The molecule has 2 aromatic heterocycles. The van der Waals surface area contributed by atoms with E-state index in [-0.39, 0.29) is 23.7 Å². The summed E-state index contributed by atoms with van der Waals surface area (Å²) in [6.45, 7) is 6.55. The van der Waals surface area contributed by atoms with E-state index in [1.165, 1.54) is 23.5 Å². The van der Waals surface area contributed by atoms with Crippen LogP contribution in [0, 0.1) is 5.82 Å². The first-order chi connectivity index (χ1) is 15.7. The van der Waals surface area contributed by atoms with E-state index in [4.69, 9.17) is 16.6 Å². The monoisotopic (exact) mass is 482 g/mol. The molecule has 0 fully saturated rings. The summed E-state index contributed by atoms with van der Waals surface area (Å²) in [5.74, 6) is -0.419. The van der Waals surface area contributed by atoms with Gasteiger partial charge in [0.25, 0.3) is 0 Å². The Labute approximate surface area is 201 Å². The van der Waals surface area contributed by atoms with Gasteiger partial charge in [-0.1, -0.05) is 29.8 Å². The topological polar surface area (TPSA) is 59.8 Å². The van der Waals surface area contributed by atoms with Crippen LogP contribution in [0.15, 0.2) is 60.1 Å². The molecular formula is C25H24ClFN4OS. The molecule has 1 N–H and O–H groups in total. The number of benzene rings is 2. The molecule has 2 aromatic carbocycles. The van der Waals surface area contributed by atoms with E-state index >= 15 is 0 Å². The zero-order valence-electron chi connectivity index (χ0n) is 18.6.